The largest absolute Gasteiger partial charge is 0.349 e. The molecule has 31 heavy (non-hydrogen) atoms. The van der Waals surface area contributed by atoms with Gasteiger partial charge >= 0.3 is 0 Å². The Morgan fingerprint density at radius 3 is 2.77 bits per heavy atom. The topological polar surface area (TPSA) is 134 Å². The lowest BCUT2D eigenvalue weighted by Gasteiger charge is -2.29. The number of hydrogen-bond donors (Lipinski definition) is 3. The number of carbonyl (C=O) groups excluding carboxylic acids is 3. The van der Waals surface area contributed by atoms with Crippen LogP contribution in [-0.2, 0) is 22.7 Å². The quantitative estimate of drug-likeness (QED) is 0.570. The number of fused-ring (bicyclic) bond motifs is 1. The van der Waals surface area contributed by atoms with Crippen molar-refractivity contribution in [3.8, 4) is 0 Å². The molecule has 11 heteroatoms. The van der Waals surface area contributed by atoms with Gasteiger partial charge in [0, 0.05) is 25.1 Å². The van der Waals surface area contributed by atoms with Gasteiger partial charge in [-0.3, -0.25) is 19.7 Å². The molecule has 0 radical (unpaired) electrons. The maximum absolute atomic E-state index is 13.0. The SMILES string of the molecule is O=C1CCC(N2Cc3ccc(CNc4nnnn4C4CCNCC4)cc3C2=O)C(=O)N1. The lowest BCUT2D eigenvalue weighted by molar-refractivity contribution is -0.136. The van der Waals surface area contributed by atoms with Crippen LogP contribution in [-0.4, -0.2) is 62.0 Å². The first-order valence-electron chi connectivity index (χ1n) is 10.6. The summed E-state index contributed by atoms with van der Waals surface area (Å²) in [5.74, 6) is -0.246. The number of aromatic nitrogens is 4. The summed E-state index contributed by atoms with van der Waals surface area (Å²) < 4.78 is 1.84. The molecule has 3 aliphatic rings. The van der Waals surface area contributed by atoms with Gasteiger partial charge in [0.2, 0.25) is 17.8 Å². The van der Waals surface area contributed by atoms with E-state index in [4.69, 9.17) is 0 Å². The van der Waals surface area contributed by atoms with E-state index in [9.17, 15) is 14.4 Å². The minimum atomic E-state index is -0.603. The molecule has 2 fully saturated rings. The number of amides is 3. The van der Waals surface area contributed by atoms with Gasteiger partial charge in [0.1, 0.15) is 6.04 Å². The minimum absolute atomic E-state index is 0.175. The number of imide groups is 1. The zero-order chi connectivity index (χ0) is 21.4. The fraction of sp³-hybridized carbons (Fsp3) is 0.500. The summed E-state index contributed by atoms with van der Waals surface area (Å²) in [5, 5.41) is 21.0. The molecule has 2 saturated heterocycles. The highest BCUT2D eigenvalue weighted by atomic mass is 16.2. The Morgan fingerprint density at radius 2 is 1.97 bits per heavy atom. The van der Waals surface area contributed by atoms with Crippen LogP contribution in [0.5, 0.6) is 0 Å². The minimum Gasteiger partial charge on any atom is -0.349 e. The molecule has 0 saturated carbocycles. The average molecular weight is 424 g/mol. The van der Waals surface area contributed by atoms with E-state index in [0.29, 0.717) is 31.0 Å². The van der Waals surface area contributed by atoms with Gasteiger partial charge in [0.05, 0.1) is 6.04 Å². The van der Waals surface area contributed by atoms with Crippen molar-refractivity contribution >= 4 is 23.7 Å². The molecular formula is C20H24N8O3. The summed E-state index contributed by atoms with van der Waals surface area (Å²) in [6.45, 7) is 2.74. The van der Waals surface area contributed by atoms with Gasteiger partial charge in [0.15, 0.2) is 0 Å². The van der Waals surface area contributed by atoms with Crippen LogP contribution in [0.15, 0.2) is 18.2 Å². The summed E-state index contributed by atoms with van der Waals surface area (Å²) >= 11 is 0. The number of nitrogens with one attached hydrogen (secondary N) is 3. The molecule has 3 aliphatic heterocycles. The maximum atomic E-state index is 13.0. The summed E-state index contributed by atoms with van der Waals surface area (Å²) in [4.78, 5) is 38.1. The predicted octanol–water partition coefficient (Wildman–Crippen LogP) is -0.0293. The second kappa shape index (κ2) is 8.06. The fourth-order valence-corrected chi connectivity index (χ4v) is 4.50. The molecule has 3 N–H and O–H groups in total. The van der Waals surface area contributed by atoms with Crippen molar-refractivity contribution in [2.24, 2.45) is 0 Å². The molecule has 1 unspecified atom stereocenters. The van der Waals surface area contributed by atoms with E-state index in [0.717, 1.165) is 37.1 Å². The van der Waals surface area contributed by atoms with Crippen LogP contribution in [0.2, 0.25) is 0 Å². The summed E-state index contributed by atoms with van der Waals surface area (Å²) in [6, 6.07) is 5.41. The highest BCUT2D eigenvalue weighted by Crippen LogP contribution is 2.28. The molecule has 2 aromatic rings. The molecule has 0 aliphatic carbocycles. The first kappa shape index (κ1) is 19.6. The van der Waals surface area contributed by atoms with Gasteiger partial charge in [0.25, 0.3) is 5.91 Å². The molecule has 5 rings (SSSR count). The van der Waals surface area contributed by atoms with E-state index in [2.05, 4.69) is 31.5 Å². The van der Waals surface area contributed by atoms with Crippen LogP contribution in [0.25, 0.3) is 0 Å². The average Bonchev–Trinajstić information content (AvgIpc) is 3.38. The normalized spacial score (nSPS) is 21.9. The highest BCUT2D eigenvalue weighted by Gasteiger charge is 2.39. The Kier molecular flexibility index (Phi) is 5.10. The molecule has 1 aromatic heterocycles. The van der Waals surface area contributed by atoms with Crippen molar-refractivity contribution in [2.75, 3.05) is 18.4 Å². The fourth-order valence-electron chi connectivity index (χ4n) is 4.50. The first-order valence-corrected chi connectivity index (χ1v) is 10.6. The van der Waals surface area contributed by atoms with Gasteiger partial charge in [-0.1, -0.05) is 17.2 Å². The third kappa shape index (κ3) is 3.76. The molecule has 4 heterocycles. The predicted molar refractivity (Wildman–Crippen MR) is 109 cm³/mol. The molecular weight excluding hydrogens is 400 g/mol. The van der Waals surface area contributed by atoms with Crippen LogP contribution in [0.4, 0.5) is 5.95 Å². The maximum Gasteiger partial charge on any atom is 0.255 e. The summed E-state index contributed by atoms with van der Waals surface area (Å²) in [5.41, 5.74) is 2.41. The number of nitrogens with zero attached hydrogens (tertiary/aromatic N) is 5. The van der Waals surface area contributed by atoms with E-state index in [1.54, 1.807) is 4.90 Å². The number of anilines is 1. The number of piperidine rings is 2. The van der Waals surface area contributed by atoms with Crippen molar-refractivity contribution in [1.29, 1.82) is 0 Å². The third-order valence-electron chi connectivity index (χ3n) is 6.19. The van der Waals surface area contributed by atoms with Crippen LogP contribution < -0.4 is 16.0 Å². The zero-order valence-corrected chi connectivity index (χ0v) is 17.0. The number of carbonyl (C=O) groups is 3. The van der Waals surface area contributed by atoms with Gasteiger partial charge in [-0.2, -0.15) is 0 Å². The van der Waals surface area contributed by atoms with Gasteiger partial charge in [-0.15, -0.1) is 0 Å². The Labute approximate surface area is 178 Å². The van der Waals surface area contributed by atoms with Crippen LogP contribution in [0.1, 0.15) is 53.2 Å². The Morgan fingerprint density at radius 1 is 1.13 bits per heavy atom. The van der Waals surface area contributed by atoms with Crippen molar-refractivity contribution in [3.05, 3.63) is 34.9 Å². The third-order valence-corrected chi connectivity index (χ3v) is 6.19. The van der Waals surface area contributed by atoms with Gasteiger partial charge in [-0.05, 0) is 60.0 Å². The molecule has 0 bridgehead atoms. The number of benzene rings is 1. The Bertz CT molecular complexity index is 1030. The lowest BCUT2D eigenvalue weighted by atomic mass is 10.0. The molecule has 1 aromatic carbocycles. The number of hydrogen-bond acceptors (Lipinski definition) is 8. The molecule has 0 spiro atoms. The van der Waals surface area contributed by atoms with Crippen molar-refractivity contribution < 1.29 is 14.4 Å². The zero-order valence-electron chi connectivity index (χ0n) is 17.0. The van der Waals surface area contributed by atoms with Crippen LogP contribution >= 0.6 is 0 Å². The smallest absolute Gasteiger partial charge is 0.255 e. The van der Waals surface area contributed by atoms with Gasteiger partial charge in [-0.25, -0.2) is 4.68 Å². The molecule has 162 valence electrons. The van der Waals surface area contributed by atoms with E-state index < -0.39 is 11.9 Å². The van der Waals surface area contributed by atoms with Crippen molar-refractivity contribution in [2.45, 2.75) is 50.9 Å². The monoisotopic (exact) mass is 424 g/mol. The van der Waals surface area contributed by atoms with E-state index >= 15 is 0 Å². The van der Waals surface area contributed by atoms with Crippen LogP contribution in [0.3, 0.4) is 0 Å². The number of rotatable bonds is 5. The van der Waals surface area contributed by atoms with E-state index in [1.807, 2.05) is 22.9 Å². The standard InChI is InChI=1S/C20H24N8O3/c29-17-4-3-16(18(30)23-17)27-11-13-2-1-12(9-15(13)19(27)31)10-22-20-24-25-26-28(20)14-5-7-21-8-6-14/h1-2,9,14,16,21H,3-8,10-11H2,(H,22,24,26)(H,23,29,30). The Hall–Kier alpha value is -3.34. The van der Waals surface area contributed by atoms with E-state index in [-0.39, 0.29) is 24.3 Å². The number of tetrazole rings is 1. The van der Waals surface area contributed by atoms with Crippen molar-refractivity contribution in [3.63, 3.8) is 0 Å². The second-order valence-electron chi connectivity index (χ2n) is 8.17. The van der Waals surface area contributed by atoms with Gasteiger partial charge < -0.3 is 15.5 Å². The Balaban J connectivity index is 1.27. The molecule has 1 atom stereocenters. The van der Waals surface area contributed by atoms with E-state index in [1.165, 1.54) is 0 Å². The summed E-state index contributed by atoms with van der Waals surface area (Å²) in [7, 11) is 0. The first-order chi connectivity index (χ1) is 15.1. The van der Waals surface area contributed by atoms with Crippen molar-refractivity contribution in [1.82, 2.24) is 35.7 Å². The highest BCUT2D eigenvalue weighted by molar-refractivity contribution is 6.05. The lowest BCUT2D eigenvalue weighted by Crippen LogP contribution is -2.52. The second-order valence-corrected chi connectivity index (χ2v) is 8.17. The summed E-state index contributed by atoms with van der Waals surface area (Å²) in [6.07, 6.45) is 2.56. The molecule has 11 nitrogen and oxygen atoms in total. The molecule has 3 amide bonds. The van der Waals surface area contributed by atoms with Crippen LogP contribution in [0, 0.1) is 0 Å².